The fourth-order valence-corrected chi connectivity index (χ4v) is 4.43. The van der Waals surface area contributed by atoms with Gasteiger partial charge in [0.05, 0.1) is 0 Å². The zero-order valence-electron chi connectivity index (χ0n) is 10.00. The summed E-state index contributed by atoms with van der Waals surface area (Å²) in [6.07, 6.45) is 5.30. The maximum atomic E-state index is 6.24. The fraction of sp³-hybridized carbons (Fsp3) is 1.00. The highest BCUT2D eigenvalue weighted by atomic mass is 35.6. The van der Waals surface area contributed by atoms with Crippen LogP contribution in [-0.2, 0) is 0 Å². The SMILES string of the molecule is C[Si](C)(Cl)CCCCCC[Si](C)(C)Cl. The molecule has 14 heavy (non-hydrogen) atoms. The summed E-state index contributed by atoms with van der Waals surface area (Å²) in [7, 11) is -2.60. The van der Waals surface area contributed by atoms with Crippen LogP contribution in [0.25, 0.3) is 0 Å². The second kappa shape index (κ2) is 6.56. The van der Waals surface area contributed by atoms with Crippen molar-refractivity contribution in [1.82, 2.24) is 0 Å². The van der Waals surface area contributed by atoms with E-state index in [1.807, 2.05) is 0 Å². The van der Waals surface area contributed by atoms with Crippen molar-refractivity contribution in [1.29, 1.82) is 0 Å². The summed E-state index contributed by atoms with van der Waals surface area (Å²) >= 11 is 12.5. The van der Waals surface area contributed by atoms with Crippen LogP contribution in [0.15, 0.2) is 0 Å². The summed E-state index contributed by atoms with van der Waals surface area (Å²) in [5, 5.41) is 0. The molecule has 0 bridgehead atoms. The third-order valence-corrected chi connectivity index (χ3v) is 6.51. The molecule has 0 saturated carbocycles. The molecule has 0 aliphatic heterocycles. The monoisotopic (exact) mass is 270 g/mol. The molecule has 0 amide bonds. The Kier molecular flexibility index (Phi) is 7.04. The van der Waals surface area contributed by atoms with Crippen LogP contribution < -0.4 is 0 Å². The number of rotatable bonds is 7. The third-order valence-electron chi connectivity index (χ3n) is 2.29. The molecule has 0 radical (unpaired) electrons. The Morgan fingerprint density at radius 2 is 0.929 bits per heavy atom. The number of halogens is 2. The van der Waals surface area contributed by atoms with Gasteiger partial charge in [0.25, 0.3) is 0 Å². The zero-order valence-corrected chi connectivity index (χ0v) is 13.5. The minimum atomic E-state index is -1.30. The van der Waals surface area contributed by atoms with E-state index in [0.717, 1.165) is 0 Å². The van der Waals surface area contributed by atoms with E-state index < -0.39 is 14.8 Å². The minimum Gasteiger partial charge on any atom is -0.168 e. The standard InChI is InChI=1S/C10H24Cl2Si2/c1-13(2,11)9-7-5-6-8-10-14(3,4)12/h5-10H2,1-4H3. The Bertz CT molecular complexity index is 129. The van der Waals surface area contributed by atoms with E-state index in [2.05, 4.69) is 26.2 Å². The van der Waals surface area contributed by atoms with E-state index in [4.69, 9.17) is 22.2 Å². The van der Waals surface area contributed by atoms with Crippen molar-refractivity contribution in [2.24, 2.45) is 0 Å². The topological polar surface area (TPSA) is 0 Å². The van der Waals surface area contributed by atoms with Gasteiger partial charge in [-0.1, -0.05) is 51.9 Å². The molecule has 0 heterocycles. The Morgan fingerprint density at radius 1 is 0.643 bits per heavy atom. The Balaban J connectivity index is 3.23. The summed E-state index contributed by atoms with van der Waals surface area (Å²) < 4.78 is 0. The molecular formula is C10H24Cl2Si2. The Hall–Kier alpha value is 1.01. The van der Waals surface area contributed by atoms with Gasteiger partial charge in [-0.25, -0.2) is 0 Å². The van der Waals surface area contributed by atoms with Crippen LogP contribution in [0.5, 0.6) is 0 Å². The normalized spacial score (nSPS) is 13.3. The first-order valence-corrected chi connectivity index (χ1v) is 14.0. The van der Waals surface area contributed by atoms with Gasteiger partial charge < -0.3 is 0 Å². The molecule has 0 unspecified atom stereocenters. The molecule has 0 aliphatic carbocycles. The van der Waals surface area contributed by atoms with E-state index in [-0.39, 0.29) is 0 Å². The average molecular weight is 271 g/mol. The molecule has 0 saturated heterocycles. The van der Waals surface area contributed by atoms with Crippen LogP contribution in [0.4, 0.5) is 0 Å². The van der Waals surface area contributed by atoms with E-state index in [0.29, 0.717) is 0 Å². The molecular weight excluding hydrogens is 247 g/mol. The lowest BCUT2D eigenvalue weighted by Gasteiger charge is -2.13. The number of hydrogen-bond acceptors (Lipinski definition) is 0. The number of hydrogen-bond donors (Lipinski definition) is 0. The highest BCUT2D eigenvalue weighted by molar-refractivity contribution is 7.19. The van der Waals surface area contributed by atoms with Gasteiger partial charge in [-0.15, -0.1) is 0 Å². The van der Waals surface area contributed by atoms with E-state index in [1.54, 1.807) is 0 Å². The first kappa shape index (κ1) is 15.0. The third kappa shape index (κ3) is 13.0. The van der Waals surface area contributed by atoms with Crippen molar-refractivity contribution >= 4 is 36.9 Å². The first-order chi connectivity index (χ1) is 6.21. The molecule has 4 heteroatoms. The molecule has 0 spiro atoms. The second-order valence-corrected chi connectivity index (χ2v) is 19.4. The number of unbranched alkanes of at least 4 members (excludes halogenated alkanes) is 3. The molecule has 0 rings (SSSR count). The van der Waals surface area contributed by atoms with Gasteiger partial charge in [-0.2, -0.15) is 22.2 Å². The van der Waals surface area contributed by atoms with Crippen molar-refractivity contribution in [3.63, 3.8) is 0 Å². The van der Waals surface area contributed by atoms with Gasteiger partial charge in [-0.3, -0.25) is 0 Å². The van der Waals surface area contributed by atoms with Gasteiger partial charge >= 0.3 is 0 Å². The van der Waals surface area contributed by atoms with Crippen molar-refractivity contribution in [3.8, 4) is 0 Å². The van der Waals surface area contributed by atoms with Gasteiger partial charge in [0.2, 0.25) is 0 Å². The van der Waals surface area contributed by atoms with Crippen LogP contribution in [0.3, 0.4) is 0 Å². The van der Waals surface area contributed by atoms with Gasteiger partial charge in [0, 0.05) is 0 Å². The molecule has 0 aromatic carbocycles. The van der Waals surface area contributed by atoms with Crippen molar-refractivity contribution in [2.75, 3.05) is 0 Å². The predicted molar refractivity (Wildman–Crippen MR) is 74.8 cm³/mol. The molecule has 86 valence electrons. The minimum absolute atomic E-state index is 1.26. The largest absolute Gasteiger partial charge is 0.168 e. The molecule has 0 aliphatic rings. The average Bonchev–Trinajstić information content (AvgIpc) is 1.92. The van der Waals surface area contributed by atoms with Gasteiger partial charge in [0.1, 0.15) is 14.8 Å². The first-order valence-electron chi connectivity index (χ1n) is 5.59. The van der Waals surface area contributed by atoms with Gasteiger partial charge in [0.15, 0.2) is 0 Å². The van der Waals surface area contributed by atoms with Crippen molar-refractivity contribution in [3.05, 3.63) is 0 Å². The molecule has 0 atom stereocenters. The summed E-state index contributed by atoms with van der Waals surface area (Å²) in [6.45, 7) is 8.90. The fourth-order valence-electron chi connectivity index (χ4n) is 1.44. The highest BCUT2D eigenvalue weighted by Crippen LogP contribution is 2.21. The maximum absolute atomic E-state index is 6.24. The Labute approximate surface area is 101 Å². The maximum Gasteiger partial charge on any atom is 0.150 e. The van der Waals surface area contributed by atoms with Crippen LogP contribution in [0.1, 0.15) is 25.7 Å². The zero-order chi connectivity index (χ0) is 11.2. The van der Waals surface area contributed by atoms with E-state index in [9.17, 15) is 0 Å². The van der Waals surface area contributed by atoms with Gasteiger partial charge in [-0.05, 0) is 12.1 Å². The lowest BCUT2D eigenvalue weighted by molar-refractivity contribution is 0.694. The summed E-state index contributed by atoms with van der Waals surface area (Å²) in [5.74, 6) is 0. The van der Waals surface area contributed by atoms with Crippen LogP contribution in [0.2, 0.25) is 38.3 Å². The summed E-state index contributed by atoms with van der Waals surface area (Å²) in [4.78, 5) is 0. The summed E-state index contributed by atoms with van der Waals surface area (Å²) in [6, 6.07) is 2.52. The molecule has 0 aromatic rings. The van der Waals surface area contributed by atoms with Crippen LogP contribution >= 0.6 is 22.2 Å². The van der Waals surface area contributed by atoms with E-state index in [1.165, 1.54) is 37.8 Å². The second-order valence-electron chi connectivity index (χ2n) is 5.35. The van der Waals surface area contributed by atoms with Crippen LogP contribution in [-0.4, -0.2) is 14.8 Å². The van der Waals surface area contributed by atoms with Crippen molar-refractivity contribution in [2.45, 2.75) is 64.0 Å². The molecule has 0 aromatic heterocycles. The van der Waals surface area contributed by atoms with E-state index >= 15 is 0 Å². The summed E-state index contributed by atoms with van der Waals surface area (Å²) in [5.41, 5.74) is 0. The van der Waals surface area contributed by atoms with Crippen molar-refractivity contribution < 1.29 is 0 Å². The predicted octanol–water partition coefficient (Wildman–Crippen LogP) is 5.43. The highest BCUT2D eigenvalue weighted by Gasteiger charge is 2.17. The quantitative estimate of drug-likeness (QED) is 0.329. The lowest BCUT2D eigenvalue weighted by Crippen LogP contribution is -2.16. The molecule has 0 fully saturated rings. The smallest absolute Gasteiger partial charge is 0.150 e. The lowest BCUT2D eigenvalue weighted by atomic mass is 10.2. The molecule has 0 nitrogen and oxygen atoms in total. The van der Waals surface area contributed by atoms with Crippen LogP contribution in [0, 0.1) is 0 Å². The Morgan fingerprint density at radius 3 is 1.14 bits per heavy atom. The molecule has 0 N–H and O–H groups in total.